The van der Waals surface area contributed by atoms with Crippen molar-refractivity contribution in [2.45, 2.75) is 24.3 Å². The van der Waals surface area contributed by atoms with Crippen molar-refractivity contribution in [3.05, 3.63) is 18.2 Å². The number of nitrogen functional groups attached to an aromatic ring is 1. The molecule has 0 aliphatic rings. The van der Waals surface area contributed by atoms with Crippen molar-refractivity contribution in [2.75, 3.05) is 17.7 Å². The molecule has 0 aliphatic heterocycles. The Morgan fingerprint density at radius 1 is 1.50 bits per heavy atom. The zero-order valence-corrected chi connectivity index (χ0v) is 11.1. The van der Waals surface area contributed by atoms with Crippen molar-refractivity contribution in [3.8, 4) is 6.07 Å². The summed E-state index contributed by atoms with van der Waals surface area (Å²) in [5, 5.41) is 13.7. The number of primary sulfonamides is 1. The van der Waals surface area contributed by atoms with Crippen molar-refractivity contribution in [1.29, 1.82) is 5.26 Å². The van der Waals surface area contributed by atoms with Crippen LogP contribution in [0.15, 0.2) is 23.1 Å². The molecule has 0 heterocycles. The van der Waals surface area contributed by atoms with Crippen molar-refractivity contribution in [3.63, 3.8) is 0 Å². The second-order valence-electron chi connectivity index (χ2n) is 4.09. The molecule has 0 fully saturated rings. The summed E-state index contributed by atoms with van der Waals surface area (Å²) in [7, 11) is -2.01. The van der Waals surface area contributed by atoms with Crippen molar-refractivity contribution in [1.82, 2.24) is 0 Å². The number of nitriles is 1. The molecule has 18 heavy (non-hydrogen) atoms. The first-order valence-electron chi connectivity index (χ1n) is 5.29. The van der Waals surface area contributed by atoms with Crippen molar-refractivity contribution < 1.29 is 8.42 Å². The molecule has 7 heteroatoms. The standard InChI is InChI=1S/C11H16N4O2S/c1-8(5-6-12)15(2)11-7-9(18(14,16)17)3-4-10(11)13/h3-4,7-8H,5,13H2,1-2H3,(H2,14,16,17). The van der Waals surface area contributed by atoms with Gasteiger partial charge >= 0.3 is 0 Å². The van der Waals surface area contributed by atoms with E-state index >= 15 is 0 Å². The van der Waals surface area contributed by atoms with Crippen molar-refractivity contribution >= 4 is 21.4 Å². The smallest absolute Gasteiger partial charge is 0.238 e. The van der Waals surface area contributed by atoms with Crippen LogP contribution in [0, 0.1) is 11.3 Å². The molecule has 4 N–H and O–H groups in total. The lowest BCUT2D eigenvalue weighted by Crippen LogP contribution is -2.29. The Morgan fingerprint density at radius 3 is 2.61 bits per heavy atom. The van der Waals surface area contributed by atoms with E-state index in [1.54, 1.807) is 11.9 Å². The Bertz CT molecular complexity index is 577. The molecule has 0 saturated carbocycles. The quantitative estimate of drug-likeness (QED) is 0.778. The van der Waals surface area contributed by atoms with Gasteiger partial charge in [0.05, 0.1) is 28.8 Å². The van der Waals surface area contributed by atoms with E-state index in [0.717, 1.165) is 0 Å². The second-order valence-corrected chi connectivity index (χ2v) is 5.65. The van der Waals surface area contributed by atoms with Gasteiger partial charge in [0.25, 0.3) is 0 Å². The molecule has 0 saturated heterocycles. The van der Waals surface area contributed by atoms with E-state index in [4.69, 9.17) is 16.1 Å². The maximum atomic E-state index is 11.3. The average Bonchev–Trinajstić information content (AvgIpc) is 2.27. The lowest BCUT2D eigenvalue weighted by atomic mass is 10.2. The third-order valence-corrected chi connectivity index (χ3v) is 3.67. The van der Waals surface area contributed by atoms with Crippen LogP contribution in [0.4, 0.5) is 11.4 Å². The molecule has 98 valence electrons. The molecule has 0 aliphatic carbocycles. The van der Waals surface area contributed by atoms with Crippen LogP contribution in [0.1, 0.15) is 13.3 Å². The number of hydrogen-bond acceptors (Lipinski definition) is 5. The summed E-state index contributed by atoms with van der Waals surface area (Å²) in [6.45, 7) is 1.85. The van der Waals surface area contributed by atoms with Crippen LogP contribution in [-0.2, 0) is 10.0 Å². The monoisotopic (exact) mass is 268 g/mol. The molecule has 1 aromatic carbocycles. The summed E-state index contributed by atoms with van der Waals surface area (Å²) >= 11 is 0. The van der Waals surface area contributed by atoms with Crippen LogP contribution in [0.25, 0.3) is 0 Å². The Labute approximate surface area is 107 Å². The molecule has 1 rings (SSSR count). The summed E-state index contributed by atoms with van der Waals surface area (Å²) in [4.78, 5) is 1.76. The number of benzene rings is 1. The van der Waals surface area contributed by atoms with E-state index in [2.05, 4.69) is 6.07 Å². The molecule has 0 radical (unpaired) electrons. The first-order valence-corrected chi connectivity index (χ1v) is 6.84. The van der Waals surface area contributed by atoms with Gasteiger partial charge in [-0.1, -0.05) is 0 Å². The minimum absolute atomic E-state index is 0.00251. The average molecular weight is 268 g/mol. The Balaban J connectivity index is 3.20. The Kier molecular flexibility index (Phi) is 4.16. The number of sulfonamides is 1. The maximum Gasteiger partial charge on any atom is 0.238 e. The van der Waals surface area contributed by atoms with Gasteiger partial charge in [-0.05, 0) is 25.1 Å². The van der Waals surface area contributed by atoms with Crippen LogP contribution in [0.2, 0.25) is 0 Å². The van der Waals surface area contributed by atoms with Gasteiger partial charge in [0.1, 0.15) is 0 Å². The fourth-order valence-electron chi connectivity index (χ4n) is 1.51. The first-order chi connectivity index (χ1) is 8.27. The molecule has 0 aromatic heterocycles. The van der Waals surface area contributed by atoms with Gasteiger partial charge in [0.15, 0.2) is 0 Å². The summed E-state index contributed by atoms with van der Waals surface area (Å²) < 4.78 is 22.6. The largest absolute Gasteiger partial charge is 0.397 e. The van der Waals surface area contributed by atoms with Gasteiger partial charge in [-0.25, -0.2) is 13.6 Å². The second kappa shape index (κ2) is 5.25. The highest BCUT2D eigenvalue weighted by atomic mass is 32.2. The summed E-state index contributed by atoms with van der Waals surface area (Å²) in [5.41, 5.74) is 6.79. The first kappa shape index (κ1) is 14.3. The maximum absolute atomic E-state index is 11.3. The van der Waals surface area contributed by atoms with Gasteiger partial charge < -0.3 is 10.6 Å². The van der Waals surface area contributed by atoms with E-state index in [1.165, 1.54) is 18.2 Å². The van der Waals surface area contributed by atoms with Gasteiger partial charge in [-0.3, -0.25) is 0 Å². The highest BCUT2D eigenvalue weighted by molar-refractivity contribution is 7.89. The van der Waals surface area contributed by atoms with E-state index in [9.17, 15) is 8.42 Å². The molecular weight excluding hydrogens is 252 g/mol. The zero-order valence-electron chi connectivity index (χ0n) is 10.3. The third-order valence-electron chi connectivity index (χ3n) is 2.76. The number of rotatable bonds is 4. The SMILES string of the molecule is CC(CC#N)N(C)c1cc(S(N)(=O)=O)ccc1N. The van der Waals surface area contributed by atoms with Crippen LogP contribution < -0.4 is 15.8 Å². The number of nitrogens with zero attached hydrogens (tertiary/aromatic N) is 2. The predicted molar refractivity (Wildman–Crippen MR) is 70.3 cm³/mol. The third kappa shape index (κ3) is 3.12. The van der Waals surface area contributed by atoms with Crippen LogP contribution in [0.5, 0.6) is 0 Å². The number of hydrogen-bond donors (Lipinski definition) is 2. The van der Waals surface area contributed by atoms with Gasteiger partial charge in [0.2, 0.25) is 10.0 Å². The Hall–Kier alpha value is -1.78. The molecular formula is C11H16N4O2S. The highest BCUT2D eigenvalue weighted by Crippen LogP contribution is 2.27. The summed E-state index contributed by atoms with van der Waals surface area (Å²) in [6, 6.07) is 6.25. The predicted octanol–water partition coefficient (Wildman–Crippen LogP) is 0.655. The van der Waals surface area contributed by atoms with Crippen LogP contribution in [-0.4, -0.2) is 21.5 Å². The molecule has 6 nitrogen and oxygen atoms in total. The van der Waals surface area contributed by atoms with Gasteiger partial charge in [-0.15, -0.1) is 0 Å². The molecule has 1 atom stereocenters. The summed E-state index contributed by atoms with van der Waals surface area (Å²) in [6.07, 6.45) is 0.315. The summed E-state index contributed by atoms with van der Waals surface area (Å²) in [5.74, 6) is 0. The van der Waals surface area contributed by atoms with Crippen LogP contribution in [0.3, 0.4) is 0 Å². The Morgan fingerprint density at radius 2 is 2.11 bits per heavy atom. The molecule has 1 unspecified atom stereocenters. The van der Waals surface area contributed by atoms with E-state index < -0.39 is 10.0 Å². The van der Waals surface area contributed by atoms with Crippen LogP contribution >= 0.6 is 0 Å². The fourth-order valence-corrected chi connectivity index (χ4v) is 2.05. The molecule has 1 aromatic rings. The lowest BCUT2D eigenvalue weighted by molar-refractivity contribution is 0.597. The van der Waals surface area contributed by atoms with Crippen molar-refractivity contribution in [2.24, 2.45) is 5.14 Å². The normalized spacial score (nSPS) is 12.8. The highest BCUT2D eigenvalue weighted by Gasteiger charge is 2.16. The van der Waals surface area contributed by atoms with E-state index in [0.29, 0.717) is 17.8 Å². The molecule has 0 spiro atoms. The topological polar surface area (TPSA) is 113 Å². The van der Waals surface area contributed by atoms with Gasteiger partial charge in [0, 0.05) is 13.1 Å². The minimum Gasteiger partial charge on any atom is -0.397 e. The number of nitrogens with two attached hydrogens (primary N) is 2. The van der Waals surface area contributed by atoms with E-state index in [1.807, 2.05) is 6.92 Å². The number of anilines is 2. The zero-order chi connectivity index (χ0) is 13.9. The minimum atomic E-state index is -3.76. The fraction of sp³-hybridized carbons (Fsp3) is 0.364. The molecule has 0 amide bonds. The lowest BCUT2D eigenvalue weighted by Gasteiger charge is -2.26. The van der Waals surface area contributed by atoms with Gasteiger partial charge in [-0.2, -0.15) is 5.26 Å². The molecule has 0 bridgehead atoms. The van der Waals surface area contributed by atoms with E-state index in [-0.39, 0.29) is 10.9 Å².